The molecule has 0 spiro atoms. The van der Waals surface area contributed by atoms with Crippen LogP contribution < -0.4 is 5.32 Å². The highest BCUT2D eigenvalue weighted by Gasteiger charge is 2.30. The van der Waals surface area contributed by atoms with Crippen molar-refractivity contribution < 1.29 is 4.79 Å². The molecule has 2 aliphatic rings. The van der Waals surface area contributed by atoms with Crippen molar-refractivity contribution in [1.82, 2.24) is 10.3 Å². The van der Waals surface area contributed by atoms with E-state index in [0.717, 1.165) is 46.3 Å². The molecule has 2 aromatic rings. The van der Waals surface area contributed by atoms with E-state index in [1.165, 1.54) is 9.14 Å². The van der Waals surface area contributed by atoms with Crippen LogP contribution >= 0.6 is 22.6 Å². The Morgan fingerprint density at radius 1 is 1.17 bits per heavy atom. The first-order chi connectivity index (χ1) is 11.3. The topological polar surface area (TPSA) is 44.9 Å². The number of fused-ring (bicyclic) bond motifs is 3. The number of hydrogen-bond acceptors (Lipinski definition) is 2. The third kappa shape index (κ3) is 2.51. The van der Waals surface area contributed by atoms with Crippen molar-refractivity contribution in [2.75, 3.05) is 0 Å². The molecule has 24 heavy (non-hydrogen) atoms. The van der Waals surface area contributed by atoms with Crippen molar-refractivity contribution in [3.05, 3.63) is 55.9 Å². The van der Waals surface area contributed by atoms with E-state index in [4.69, 9.17) is 0 Å². The van der Waals surface area contributed by atoms with Gasteiger partial charge in [0.25, 0.3) is 0 Å². The zero-order chi connectivity index (χ0) is 17.1. The van der Waals surface area contributed by atoms with E-state index in [0.29, 0.717) is 6.54 Å². The molecule has 124 valence electrons. The average Bonchev–Trinajstić information content (AvgIpc) is 2.82. The van der Waals surface area contributed by atoms with Crippen molar-refractivity contribution in [2.45, 2.75) is 40.2 Å². The fraction of sp³-hybridized carbons (Fsp3) is 0.350. The number of rotatable bonds is 0. The average molecular weight is 432 g/mol. The van der Waals surface area contributed by atoms with Gasteiger partial charge in [-0.05, 0) is 65.1 Å². The molecule has 0 saturated carbocycles. The lowest BCUT2D eigenvalue weighted by atomic mass is 9.79. The van der Waals surface area contributed by atoms with Crippen LogP contribution in [0.3, 0.4) is 0 Å². The summed E-state index contributed by atoms with van der Waals surface area (Å²) in [7, 11) is 0. The number of aromatic amines is 1. The Hall–Kier alpha value is -1.56. The number of hydrogen-bond donors (Lipinski definition) is 2. The first-order valence-electron chi connectivity index (χ1n) is 8.37. The second-order valence-electron chi connectivity index (χ2n) is 7.66. The summed E-state index contributed by atoms with van der Waals surface area (Å²) in [6.45, 7) is 7.40. The Morgan fingerprint density at radius 2 is 1.96 bits per heavy atom. The smallest absolute Gasteiger partial charge is 0.207 e. The number of allylic oxidation sites excluding steroid dienone is 3. The summed E-state index contributed by atoms with van der Waals surface area (Å²) in [6, 6.07) is 6.29. The monoisotopic (exact) mass is 432 g/mol. The summed E-state index contributed by atoms with van der Waals surface area (Å²) in [5.41, 5.74) is 6.38. The fourth-order valence-corrected chi connectivity index (χ4v) is 4.14. The van der Waals surface area contributed by atoms with Crippen molar-refractivity contribution in [1.29, 1.82) is 0 Å². The highest BCUT2D eigenvalue weighted by atomic mass is 127. The van der Waals surface area contributed by atoms with Crippen molar-refractivity contribution in [2.24, 2.45) is 5.41 Å². The van der Waals surface area contributed by atoms with Gasteiger partial charge in [0.05, 0.1) is 5.69 Å². The number of carbonyl (C=O) groups excluding carboxylic acids is 1. The fourth-order valence-electron chi connectivity index (χ4n) is 3.64. The third-order valence-electron chi connectivity index (χ3n) is 5.08. The van der Waals surface area contributed by atoms with Crippen molar-refractivity contribution in [3.8, 4) is 0 Å². The molecule has 1 aliphatic heterocycles. The van der Waals surface area contributed by atoms with Gasteiger partial charge in [-0.3, -0.25) is 4.79 Å². The molecule has 1 aromatic heterocycles. The normalized spacial score (nSPS) is 18.0. The third-order valence-corrected chi connectivity index (χ3v) is 5.75. The quantitative estimate of drug-likeness (QED) is 0.571. The van der Waals surface area contributed by atoms with Crippen molar-refractivity contribution in [3.63, 3.8) is 0 Å². The van der Waals surface area contributed by atoms with E-state index in [1.54, 1.807) is 0 Å². The van der Waals surface area contributed by atoms with Crippen LogP contribution in [0.1, 0.15) is 49.7 Å². The minimum atomic E-state index is 0.146. The number of nitrogens with one attached hydrogen (secondary N) is 2. The highest BCUT2D eigenvalue weighted by Crippen LogP contribution is 2.38. The molecular weight excluding hydrogens is 411 g/mol. The molecule has 1 aliphatic carbocycles. The lowest BCUT2D eigenvalue weighted by Gasteiger charge is -2.28. The predicted molar refractivity (Wildman–Crippen MR) is 106 cm³/mol. The lowest BCUT2D eigenvalue weighted by molar-refractivity contribution is 0.102. The van der Waals surface area contributed by atoms with Crippen LogP contribution in [-0.2, 0) is 6.54 Å². The molecule has 0 fully saturated rings. The van der Waals surface area contributed by atoms with E-state index in [2.05, 4.69) is 77.9 Å². The molecule has 0 radical (unpaired) electrons. The van der Waals surface area contributed by atoms with E-state index in [1.807, 2.05) is 0 Å². The molecule has 4 heteroatoms. The van der Waals surface area contributed by atoms with Gasteiger partial charge in [-0.1, -0.05) is 26.3 Å². The summed E-state index contributed by atoms with van der Waals surface area (Å²) in [5, 5.41) is 4.68. The molecule has 3 nitrogen and oxygen atoms in total. The Bertz CT molecular complexity index is 925. The highest BCUT2D eigenvalue weighted by molar-refractivity contribution is 14.1. The van der Waals surface area contributed by atoms with Gasteiger partial charge in [0.15, 0.2) is 0 Å². The molecule has 1 aromatic carbocycles. The number of carbonyl (C=O) groups is 1. The summed E-state index contributed by atoms with van der Waals surface area (Å²) in [4.78, 5) is 16.5. The SMILES string of the molecule is CC(C)(C)C1=CC2=C(CC1)C(=O)c1[nH]c3ccc(I)cc3c1CN2. The molecule has 2 N–H and O–H groups in total. The van der Waals surface area contributed by atoms with Gasteiger partial charge in [-0.25, -0.2) is 0 Å². The molecule has 0 atom stereocenters. The Kier molecular flexibility index (Phi) is 3.64. The molecular formula is C20H21IN2O. The Morgan fingerprint density at radius 3 is 2.71 bits per heavy atom. The number of aromatic nitrogens is 1. The summed E-state index contributed by atoms with van der Waals surface area (Å²) < 4.78 is 1.19. The van der Waals surface area contributed by atoms with Crippen molar-refractivity contribution >= 4 is 39.3 Å². The van der Waals surface area contributed by atoms with Gasteiger partial charge >= 0.3 is 0 Å². The maximum Gasteiger partial charge on any atom is 0.207 e. The first kappa shape index (κ1) is 15.9. The number of halogens is 1. The standard InChI is InChI=1S/C20H21IN2O/c1-20(2,3)11-4-6-13-17(8-11)22-10-15-14-9-12(21)5-7-16(14)23-18(15)19(13)24/h5,7-9,22-23H,4,6,10H2,1-3H3. The molecule has 4 rings (SSSR count). The maximum absolute atomic E-state index is 13.1. The number of H-pyrrole nitrogens is 1. The maximum atomic E-state index is 13.1. The molecule has 0 bridgehead atoms. The largest absolute Gasteiger partial charge is 0.381 e. The number of benzene rings is 1. The Balaban J connectivity index is 1.83. The van der Waals surface area contributed by atoms with Crippen LogP contribution in [0, 0.1) is 8.99 Å². The second kappa shape index (κ2) is 5.48. The van der Waals surface area contributed by atoms with Crippen LogP contribution in [0.4, 0.5) is 0 Å². The second-order valence-corrected chi connectivity index (χ2v) is 8.91. The molecule has 0 amide bonds. The van der Waals surface area contributed by atoms with Gasteiger partial charge in [-0.2, -0.15) is 0 Å². The first-order valence-corrected chi connectivity index (χ1v) is 9.45. The van der Waals surface area contributed by atoms with Gasteiger partial charge < -0.3 is 10.3 Å². The van der Waals surface area contributed by atoms with Crippen LogP contribution in [0.2, 0.25) is 0 Å². The minimum Gasteiger partial charge on any atom is -0.381 e. The van der Waals surface area contributed by atoms with Crippen LogP contribution in [-0.4, -0.2) is 10.8 Å². The van der Waals surface area contributed by atoms with Gasteiger partial charge in [0, 0.05) is 37.9 Å². The summed E-state index contributed by atoms with van der Waals surface area (Å²) >= 11 is 2.32. The molecule has 0 saturated heterocycles. The molecule has 0 unspecified atom stereocenters. The summed E-state index contributed by atoms with van der Waals surface area (Å²) in [5.74, 6) is 0.153. The van der Waals surface area contributed by atoms with Crippen LogP contribution in [0.15, 0.2) is 41.1 Å². The number of ketones is 1. The van der Waals surface area contributed by atoms with E-state index >= 15 is 0 Å². The Labute approximate surface area is 155 Å². The van der Waals surface area contributed by atoms with E-state index in [-0.39, 0.29) is 11.2 Å². The van der Waals surface area contributed by atoms with E-state index < -0.39 is 0 Å². The summed E-state index contributed by atoms with van der Waals surface area (Å²) in [6.07, 6.45) is 3.98. The zero-order valence-electron chi connectivity index (χ0n) is 14.2. The van der Waals surface area contributed by atoms with Gasteiger partial charge in [-0.15, -0.1) is 0 Å². The molecule has 2 heterocycles. The zero-order valence-corrected chi connectivity index (χ0v) is 16.4. The van der Waals surface area contributed by atoms with Crippen LogP contribution in [0.5, 0.6) is 0 Å². The van der Waals surface area contributed by atoms with E-state index in [9.17, 15) is 4.79 Å². The van der Waals surface area contributed by atoms with Gasteiger partial charge in [0.1, 0.15) is 0 Å². The van der Waals surface area contributed by atoms with Gasteiger partial charge in [0.2, 0.25) is 5.78 Å². The minimum absolute atomic E-state index is 0.146. The van der Waals surface area contributed by atoms with Crippen LogP contribution in [0.25, 0.3) is 10.9 Å². The predicted octanol–water partition coefficient (Wildman–Crippen LogP) is 5.08. The number of Topliss-reactive ketones (excluding diaryl/α,β-unsaturated/α-hetero) is 1. The lowest BCUT2D eigenvalue weighted by Crippen LogP contribution is -2.20.